The number of amides is 1. The fourth-order valence-electron chi connectivity index (χ4n) is 1.28. The molecule has 1 aromatic rings. The second kappa shape index (κ2) is 6.91. The van der Waals surface area contributed by atoms with Crippen LogP contribution in [0.3, 0.4) is 0 Å². The number of ether oxygens (including phenoxy) is 1. The van der Waals surface area contributed by atoms with Crippen molar-refractivity contribution in [2.24, 2.45) is 0 Å². The Hall–Kier alpha value is -1.55. The SMILES string of the molecule is COc1cccc(F)c1C(=O)NC/C=C/CCl. The van der Waals surface area contributed by atoms with E-state index in [0.29, 0.717) is 12.4 Å². The summed E-state index contributed by atoms with van der Waals surface area (Å²) in [5, 5.41) is 2.54. The first-order chi connectivity index (χ1) is 8.20. The lowest BCUT2D eigenvalue weighted by atomic mass is 10.1. The highest BCUT2D eigenvalue weighted by Gasteiger charge is 2.16. The predicted octanol–water partition coefficient (Wildman–Crippen LogP) is 2.36. The third-order valence-corrected chi connectivity index (χ3v) is 2.24. The van der Waals surface area contributed by atoms with Crippen molar-refractivity contribution < 1.29 is 13.9 Å². The summed E-state index contributed by atoms with van der Waals surface area (Å²) in [6.45, 7) is 0.295. The molecular weight excluding hydrogens is 245 g/mol. The van der Waals surface area contributed by atoms with Crippen LogP contribution in [0.5, 0.6) is 5.75 Å². The molecule has 0 fully saturated rings. The lowest BCUT2D eigenvalue weighted by molar-refractivity contribution is 0.0950. The first kappa shape index (κ1) is 13.5. The fraction of sp³-hybridized carbons (Fsp3) is 0.250. The summed E-state index contributed by atoms with van der Waals surface area (Å²) in [6.07, 6.45) is 3.39. The largest absolute Gasteiger partial charge is 0.496 e. The number of rotatable bonds is 5. The van der Waals surface area contributed by atoms with Crippen LogP contribution in [0.1, 0.15) is 10.4 Å². The van der Waals surface area contributed by atoms with Gasteiger partial charge in [-0.05, 0) is 12.1 Å². The van der Waals surface area contributed by atoms with Gasteiger partial charge < -0.3 is 10.1 Å². The van der Waals surface area contributed by atoms with Crippen LogP contribution >= 0.6 is 11.6 Å². The molecule has 0 atom stereocenters. The Morgan fingerprint density at radius 2 is 2.29 bits per heavy atom. The summed E-state index contributed by atoms with van der Waals surface area (Å²) in [6, 6.07) is 4.23. The molecule has 0 saturated heterocycles. The summed E-state index contributed by atoms with van der Waals surface area (Å²) in [5.74, 6) is -0.537. The van der Waals surface area contributed by atoms with Gasteiger partial charge in [-0.3, -0.25) is 4.79 Å². The number of alkyl halides is 1. The molecule has 5 heteroatoms. The van der Waals surface area contributed by atoms with Crippen molar-refractivity contribution in [1.82, 2.24) is 5.32 Å². The van der Waals surface area contributed by atoms with Crippen LogP contribution in [-0.2, 0) is 0 Å². The van der Waals surface area contributed by atoms with E-state index in [1.165, 1.54) is 25.3 Å². The van der Waals surface area contributed by atoms with E-state index >= 15 is 0 Å². The summed E-state index contributed by atoms with van der Waals surface area (Å²) in [4.78, 5) is 11.7. The number of halogens is 2. The zero-order valence-corrected chi connectivity index (χ0v) is 10.1. The van der Waals surface area contributed by atoms with Gasteiger partial charge in [-0.2, -0.15) is 0 Å². The molecule has 0 aliphatic carbocycles. The molecule has 0 saturated carbocycles. The molecule has 3 nitrogen and oxygen atoms in total. The van der Waals surface area contributed by atoms with Gasteiger partial charge in [0.2, 0.25) is 0 Å². The zero-order chi connectivity index (χ0) is 12.7. The maximum atomic E-state index is 13.5. The number of nitrogens with one attached hydrogen (secondary N) is 1. The van der Waals surface area contributed by atoms with E-state index in [9.17, 15) is 9.18 Å². The molecule has 1 N–H and O–H groups in total. The van der Waals surface area contributed by atoms with Crippen molar-refractivity contribution in [1.29, 1.82) is 0 Å². The Morgan fingerprint density at radius 1 is 1.53 bits per heavy atom. The van der Waals surface area contributed by atoms with E-state index in [1.54, 1.807) is 12.2 Å². The van der Waals surface area contributed by atoms with Gasteiger partial charge in [0.05, 0.1) is 7.11 Å². The lowest BCUT2D eigenvalue weighted by Gasteiger charge is -2.08. The van der Waals surface area contributed by atoms with Gasteiger partial charge in [-0.25, -0.2) is 4.39 Å². The normalized spacial score (nSPS) is 10.5. The van der Waals surface area contributed by atoms with Gasteiger partial charge in [0.25, 0.3) is 5.91 Å². The number of benzene rings is 1. The van der Waals surface area contributed by atoms with Crippen molar-refractivity contribution >= 4 is 17.5 Å². The molecule has 0 aromatic heterocycles. The number of hydrogen-bond donors (Lipinski definition) is 1. The van der Waals surface area contributed by atoms with Gasteiger partial charge in [-0.1, -0.05) is 18.2 Å². The van der Waals surface area contributed by atoms with Gasteiger partial charge in [-0.15, -0.1) is 11.6 Å². The van der Waals surface area contributed by atoms with E-state index in [1.807, 2.05) is 0 Å². The molecule has 1 rings (SSSR count). The zero-order valence-electron chi connectivity index (χ0n) is 9.37. The number of carbonyl (C=O) groups excluding carboxylic acids is 1. The Labute approximate surface area is 104 Å². The standard InChI is InChI=1S/C12H13ClFNO2/c1-17-10-6-4-5-9(14)11(10)12(16)15-8-3-2-7-13/h2-6H,7-8H2,1H3,(H,15,16)/b3-2+. The van der Waals surface area contributed by atoms with Gasteiger partial charge in [0.15, 0.2) is 0 Å². The van der Waals surface area contributed by atoms with Gasteiger partial charge in [0, 0.05) is 12.4 Å². The molecule has 0 aliphatic heterocycles. The Balaban J connectivity index is 2.77. The Bertz CT molecular complexity index is 421. The van der Waals surface area contributed by atoms with Crippen molar-refractivity contribution in [2.45, 2.75) is 0 Å². The van der Waals surface area contributed by atoms with Crippen LogP contribution < -0.4 is 10.1 Å². The van der Waals surface area contributed by atoms with Crippen LogP contribution in [0.15, 0.2) is 30.4 Å². The second-order valence-corrected chi connectivity index (χ2v) is 3.46. The molecule has 0 spiro atoms. The van der Waals surface area contributed by atoms with Crippen molar-refractivity contribution in [3.63, 3.8) is 0 Å². The first-order valence-electron chi connectivity index (χ1n) is 5.02. The van der Waals surface area contributed by atoms with E-state index in [4.69, 9.17) is 16.3 Å². The fourth-order valence-corrected chi connectivity index (χ4v) is 1.41. The molecule has 17 heavy (non-hydrogen) atoms. The molecule has 1 aromatic carbocycles. The molecule has 0 unspecified atom stereocenters. The Morgan fingerprint density at radius 3 is 2.94 bits per heavy atom. The number of carbonyl (C=O) groups is 1. The minimum absolute atomic E-state index is 0.0886. The van der Waals surface area contributed by atoms with Gasteiger partial charge in [0.1, 0.15) is 17.1 Å². The third-order valence-electron chi connectivity index (χ3n) is 2.06. The minimum Gasteiger partial charge on any atom is -0.496 e. The second-order valence-electron chi connectivity index (χ2n) is 3.15. The van der Waals surface area contributed by atoms with E-state index in [-0.39, 0.29) is 11.3 Å². The highest BCUT2D eigenvalue weighted by Crippen LogP contribution is 2.20. The summed E-state index contributed by atoms with van der Waals surface area (Å²) in [7, 11) is 1.39. The molecule has 0 bridgehead atoms. The van der Waals surface area contributed by atoms with Crippen LogP contribution in [0, 0.1) is 5.82 Å². The molecule has 0 heterocycles. The predicted molar refractivity (Wildman–Crippen MR) is 65.1 cm³/mol. The molecule has 92 valence electrons. The quantitative estimate of drug-likeness (QED) is 0.650. The average Bonchev–Trinajstić information content (AvgIpc) is 2.34. The smallest absolute Gasteiger partial charge is 0.258 e. The van der Waals surface area contributed by atoms with Crippen LogP contribution in [-0.4, -0.2) is 25.4 Å². The van der Waals surface area contributed by atoms with E-state index in [2.05, 4.69) is 5.32 Å². The highest BCUT2D eigenvalue weighted by atomic mass is 35.5. The Kier molecular flexibility index (Phi) is 5.49. The number of methoxy groups -OCH3 is 1. The monoisotopic (exact) mass is 257 g/mol. The van der Waals surface area contributed by atoms with Crippen molar-refractivity contribution in [2.75, 3.05) is 19.5 Å². The maximum Gasteiger partial charge on any atom is 0.258 e. The molecule has 0 aliphatic rings. The lowest BCUT2D eigenvalue weighted by Crippen LogP contribution is -2.25. The van der Waals surface area contributed by atoms with Gasteiger partial charge >= 0.3 is 0 Å². The number of hydrogen-bond acceptors (Lipinski definition) is 2. The maximum absolute atomic E-state index is 13.5. The molecular formula is C12H13ClFNO2. The van der Waals surface area contributed by atoms with Crippen molar-refractivity contribution in [3.05, 3.63) is 41.7 Å². The van der Waals surface area contributed by atoms with Crippen LogP contribution in [0.2, 0.25) is 0 Å². The molecule has 1 amide bonds. The highest BCUT2D eigenvalue weighted by molar-refractivity contribution is 6.18. The topological polar surface area (TPSA) is 38.3 Å². The van der Waals surface area contributed by atoms with Crippen LogP contribution in [0.25, 0.3) is 0 Å². The molecule has 0 radical (unpaired) electrons. The van der Waals surface area contributed by atoms with E-state index in [0.717, 1.165) is 0 Å². The van der Waals surface area contributed by atoms with Crippen molar-refractivity contribution in [3.8, 4) is 5.75 Å². The first-order valence-corrected chi connectivity index (χ1v) is 5.55. The third kappa shape index (κ3) is 3.75. The number of allylic oxidation sites excluding steroid dienone is 1. The summed E-state index contributed by atoms with van der Waals surface area (Å²) in [5.41, 5.74) is -0.0886. The van der Waals surface area contributed by atoms with E-state index < -0.39 is 11.7 Å². The average molecular weight is 258 g/mol. The minimum atomic E-state index is -0.608. The summed E-state index contributed by atoms with van der Waals surface area (Å²) < 4.78 is 18.4. The van der Waals surface area contributed by atoms with Crippen LogP contribution in [0.4, 0.5) is 4.39 Å². The summed E-state index contributed by atoms with van der Waals surface area (Å²) >= 11 is 5.43.